The molecule has 0 saturated heterocycles. The summed E-state index contributed by atoms with van der Waals surface area (Å²) in [5, 5.41) is 4.86. The second-order valence-electron chi connectivity index (χ2n) is 3.94. The lowest BCUT2D eigenvalue weighted by molar-refractivity contribution is 0.0826. The summed E-state index contributed by atoms with van der Waals surface area (Å²) in [6, 6.07) is 7.23. The van der Waals surface area contributed by atoms with Gasteiger partial charge in [-0.3, -0.25) is 4.79 Å². The number of hydrogen-bond acceptors (Lipinski definition) is 2. The predicted molar refractivity (Wildman–Crippen MR) is 74.3 cm³/mol. The van der Waals surface area contributed by atoms with E-state index >= 15 is 0 Å². The van der Waals surface area contributed by atoms with Gasteiger partial charge in [0, 0.05) is 19.1 Å². The summed E-state index contributed by atoms with van der Waals surface area (Å²) in [5.74, 6) is -0.0953. The molecule has 0 radical (unpaired) electrons. The zero-order valence-electron chi connectivity index (χ0n) is 9.89. The van der Waals surface area contributed by atoms with Gasteiger partial charge in [-0.15, -0.1) is 0 Å². The van der Waals surface area contributed by atoms with Crippen molar-refractivity contribution in [1.29, 1.82) is 0 Å². The van der Waals surface area contributed by atoms with E-state index in [0.29, 0.717) is 15.2 Å². The lowest BCUT2D eigenvalue weighted by Gasteiger charge is -2.09. The first-order chi connectivity index (χ1) is 8.50. The van der Waals surface area contributed by atoms with Gasteiger partial charge in [0.25, 0.3) is 5.91 Å². The first kappa shape index (κ1) is 13.1. The molecule has 0 atom stereocenters. The molecule has 0 aliphatic heterocycles. The fourth-order valence-electron chi connectivity index (χ4n) is 1.48. The minimum Gasteiger partial charge on any atom is -0.345 e. The summed E-state index contributed by atoms with van der Waals surface area (Å²) >= 11 is 9.23. The fourth-order valence-corrected chi connectivity index (χ4v) is 2.17. The highest BCUT2D eigenvalue weighted by atomic mass is 79.9. The molecule has 0 aliphatic rings. The maximum Gasteiger partial charge on any atom is 0.257 e. The van der Waals surface area contributed by atoms with Crippen LogP contribution in [-0.4, -0.2) is 34.7 Å². The van der Waals surface area contributed by atoms with Crippen molar-refractivity contribution in [3.63, 3.8) is 0 Å². The van der Waals surface area contributed by atoms with Crippen LogP contribution >= 0.6 is 27.5 Å². The molecule has 0 fully saturated rings. The van der Waals surface area contributed by atoms with Crippen LogP contribution in [0.5, 0.6) is 0 Å². The van der Waals surface area contributed by atoms with Gasteiger partial charge in [0.05, 0.1) is 17.4 Å². The highest BCUT2D eigenvalue weighted by molar-refractivity contribution is 9.10. The molecule has 6 heteroatoms. The van der Waals surface area contributed by atoms with Gasteiger partial charge in [-0.2, -0.15) is 5.10 Å². The first-order valence-electron chi connectivity index (χ1n) is 5.22. The molecule has 1 aromatic heterocycles. The van der Waals surface area contributed by atoms with Gasteiger partial charge in [0.15, 0.2) is 0 Å². The van der Waals surface area contributed by atoms with Crippen LogP contribution < -0.4 is 0 Å². The van der Waals surface area contributed by atoms with Crippen LogP contribution in [0, 0.1) is 0 Å². The number of hydrogen-bond donors (Lipinski definition) is 0. The Morgan fingerprint density at radius 2 is 1.94 bits per heavy atom. The Morgan fingerprint density at radius 3 is 2.50 bits per heavy atom. The van der Waals surface area contributed by atoms with E-state index < -0.39 is 0 Å². The zero-order chi connectivity index (χ0) is 13.3. The van der Waals surface area contributed by atoms with Crippen molar-refractivity contribution in [2.24, 2.45) is 0 Å². The molecule has 2 aromatic rings. The third-order valence-corrected chi connectivity index (χ3v) is 3.43. The smallest absolute Gasteiger partial charge is 0.257 e. The molecule has 1 aromatic carbocycles. The van der Waals surface area contributed by atoms with Crippen molar-refractivity contribution in [3.05, 3.63) is 45.7 Å². The summed E-state index contributed by atoms with van der Waals surface area (Å²) in [5.41, 5.74) is 1.36. The Balaban J connectivity index is 2.42. The Hall–Kier alpha value is -1.33. The molecular formula is C12H11BrClN3O. The van der Waals surface area contributed by atoms with Gasteiger partial charge in [0.2, 0.25) is 0 Å². The van der Waals surface area contributed by atoms with Crippen LogP contribution in [0.1, 0.15) is 10.4 Å². The van der Waals surface area contributed by atoms with E-state index in [1.165, 1.54) is 4.90 Å². The van der Waals surface area contributed by atoms with E-state index in [0.717, 1.165) is 5.69 Å². The van der Waals surface area contributed by atoms with Crippen LogP contribution in [0.3, 0.4) is 0 Å². The lowest BCUT2D eigenvalue weighted by atomic mass is 10.3. The van der Waals surface area contributed by atoms with E-state index in [1.807, 2.05) is 12.1 Å². The van der Waals surface area contributed by atoms with Crippen LogP contribution in [0.2, 0.25) is 5.02 Å². The van der Waals surface area contributed by atoms with Crippen molar-refractivity contribution in [2.75, 3.05) is 14.1 Å². The molecule has 0 spiro atoms. The standard InChI is InChI=1S/C12H11BrClN3O/c1-16(2)12(18)10-7-15-17(11(10)13)9-5-3-8(14)4-6-9/h3-7H,1-2H3. The lowest BCUT2D eigenvalue weighted by Crippen LogP contribution is -2.21. The number of benzene rings is 1. The van der Waals surface area contributed by atoms with Gasteiger partial charge < -0.3 is 4.90 Å². The van der Waals surface area contributed by atoms with Gasteiger partial charge in [-0.05, 0) is 40.2 Å². The van der Waals surface area contributed by atoms with Crippen LogP contribution in [0.15, 0.2) is 35.1 Å². The average molecular weight is 329 g/mol. The summed E-state index contributed by atoms with van der Waals surface area (Å²) in [6.07, 6.45) is 1.54. The van der Waals surface area contributed by atoms with Gasteiger partial charge in [-0.1, -0.05) is 11.6 Å². The second kappa shape index (κ2) is 5.12. The van der Waals surface area contributed by atoms with Crippen molar-refractivity contribution >= 4 is 33.4 Å². The van der Waals surface area contributed by atoms with E-state index in [2.05, 4.69) is 21.0 Å². The summed E-state index contributed by atoms with van der Waals surface area (Å²) in [7, 11) is 3.41. The largest absolute Gasteiger partial charge is 0.345 e. The minimum atomic E-state index is -0.0953. The van der Waals surface area contributed by atoms with Crippen molar-refractivity contribution < 1.29 is 4.79 Å². The molecule has 94 valence electrons. The maximum atomic E-state index is 11.9. The van der Waals surface area contributed by atoms with E-state index in [9.17, 15) is 4.79 Å². The molecule has 1 heterocycles. The van der Waals surface area contributed by atoms with Crippen LogP contribution in [0.25, 0.3) is 5.69 Å². The highest BCUT2D eigenvalue weighted by Crippen LogP contribution is 2.22. The Labute approximate surface area is 118 Å². The SMILES string of the molecule is CN(C)C(=O)c1cnn(-c2ccc(Cl)cc2)c1Br. The zero-order valence-corrected chi connectivity index (χ0v) is 12.2. The third-order valence-electron chi connectivity index (χ3n) is 2.42. The van der Waals surface area contributed by atoms with E-state index in [4.69, 9.17) is 11.6 Å². The molecule has 1 amide bonds. The Morgan fingerprint density at radius 1 is 1.33 bits per heavy atom. The van der Waals surface area contributed by atoms with Crippen molar-refractivity contribution in [1.82, 2.24) is 14.7 Å². The number of nitrogens with zero attached hydrogens (tertiary/aromatic N) is 3. The molecule has 0 unspecified atom stereocenters. The van der Waals surface area contributed by atoms with Crippen LogP contribution in [0.4, 0.5) is 0 Å². The van der Waals surface area contributed by atoms with Gasteiger partial charge in [0.1, 0.15) is 4.60 Å². The molecule has 2 rings (SSSR count). The number of rotatable bonds is 2. The van der Waals surface area contributed by atoms with Crippen molar-refractivity contribution in [3.8, 4) is 5.69 Å². The number of aromatic nitrogens is 2. The first-order valence-corrected chi connectivity index (χ1v) is 6.39. The number of amides is 1. The maximum absolute atomic E-state index is 11.9. The number of carbonyl (C=O) groups is 1. The minimum absolute atomic E-state index is 0.0953. The van der Waals surface area contributed by atoms with Crippen LogP contribution in [-0.2, 0) is 0 Å². The van der Waals surface area contributed by atoms with Gasteiger partial charge in [-0.25, -0.2) is 4.68 Å². The topological polar surface area (TPSA) is 38.1 Å². The second-order valence-corrected chi connectivity index (χ2v) is 5.12. The quantitative estimate of drug-likeness (QED) is 0.850. The summed E-state index contributed by atoms with van der Waals surface area (Å²) in [4.78, 5) is 13.4. The molecule has 18 heavy (non-hydrogen) atoms. The number of halogens is 2. The number of carbonyl (C=O) groups excluding carboxylic acids is 1. The summed E-state index contributed by atoms with van der Waals surface area (Å²) in [6.45, 7) is 0. The molecule has 0 bridgehead atoms. The fraction of sp³-hybridized carbons (Fsp3) is 0.167. The summed E-state index contributed by atoms with van der Waals surface area (Å²) < 4.78 is 2.27. The molecule has 0 N–H and O–H groups in total. The van der Waals surface area contributed by atoms with Crippen molar-refractivity contribution in [2.45, 2.75) is 0 Å². The van der Waals surface area contributed by atoms with Gasteiger partial charge >= 0.3 is 0 Å². The van der Waals surface area contributed by atoms with E-state index in [-0.39, 0.29) is 5.91 Å². The highest BCUT2D eigenvalue weighted by Gasteiger charge is 2.17. The average Bonchev–Trinajstić information content (AvgIpc) is 2.71. The predicted octanol–water partition coefficient (Wildman–Crippen LogP) is 2.99. The molecule has 0 aliphatic carbocycles. The Kier molecular flexibility index (Phi) is 3.73. The normalized spacial score (nSPS) is 10.4. The Bertz CT molecular complexity index is 578. The van der Waals surface area contributed by atoms with E-state index in [1.54, 1.807) is 37.1 Å². The third kappa shape index (κ3) is 2.42. The monoisotopic (exact) mass is 327 g/mol. The molecule has 0 saturated carbocycles. The molecular weight excluding hydrogens is 318 g/mol. The molecule has 4 nitrogen and oxygen atoms in total.